The van der Waals surface area contributed by atoms with Crippen LogP contribution in [0.3, 0.4) is 0 Å². The van der Waals surface area contributed by atoms with Crippen molar-refractivity contribution < 1.29 is 18.7 Å². The molecule has 2 aromatic heterocycles. The van der Waals surface area contributed by atoms with Crippen molar-refractivity contribution in [1.82, 2.24) is 14.7 Å². The van der Waals surface area contributed by atoms with Gasteiger partial charge in [0.2, 0.25) is 0 Å². The quantitative estimate of drug-likeness (QED) is 0.620. The highest BCUT2D eigenvalue weighted by molar-refractivity contribution is 5.94. The second kappa shape index (κ2) is 8.34. The molecule has 7 nitrogen and oxygen atoms in total. The molecule has 0 N–H and O–H groups in total. The summed E-state index contributed by atoms with van der Waals surface area (Å²) < 4.78 is 12.2. The lowest BCUT2D eigenvalue weighted by molar-refractivity contribution is -0.149. The third-order valence-electron chi connectivity index (χ3n) is 5.10. The zero-order valence-corrected chi connectivity index (χ0v) is 16.3. The van der Waals surface area contributed by atoms with E-state index >= 15 is 0 Å². The van der Waals surface area contributed by atoms with Crippen LogP contribution >= 0.6 is 0 Å². The summed E-state index contributed by atoms with van der Waals surface area (Å²) in [5.41, 5.74) is 1.87. The van der Waals surface area contributed by atoms with Crippen LogP contribution in [0.1, 0.15) is 30.3 Å². The molecule has 0 atom stereocenters. The normalized spacial score (nSPS) is 14.7. The predicted molar refractivity (Wildman–Crippen MR) is 107 cm³/mol. The van der Waals surface area contributed by atoms with Crippen LogP contribution in [-0.2, 0) is 9.53 Å². The number of ether oxygens (including phenoxy) is 1. The lowest BCUT2D eigenvalue weighted by atomic mass is 9.97. The number of aromatic nitrogens is 2. The van der Waals surface area contributed by atoms with Crippen LogP contribution in [0.15, 0.2) is 59.2 Å². The molecule has 1 aliphatic rings. The second-order valence-corrected chi connectivity index (χ2v) is 6.96. The fourth-order valence-electron chi connectivity index (χ4n) is 3.58. The van der Waals surface area contributed by atoms with E-state index in [1.807, 2.05) is 36.4 Å². The molecular weight excluding hydrogens is 370 g/mol. The first kappa shape index (κ1) is 19.0. The van der Waals surface area contributed by atoms with E-state index in [2.05, 4.69) is 5.10 Å². The first-order chi connectivity index (χ1) is 14.2. The van der Waals surface area contributed by atoms with Crippen LogP contribution in [0, 0.1) is 5.92 Å². The number of nitrogens with zero attached hydrogens (tertiary/aromatic N) is 3. The molecule has 3 heterocycles. The van der Waals surface area contributed by atoms with E-state index in [9.17, 15) is 9.59 Å². The van der Waals surface area contributed by atoms with E-state index in [4.69, 9.17) is 9.15 Å². The Balaban J connectivity index is 1.59. The van der Waals surface area contributed by atoms with Gasteiger partial charge in [0.1, 0.15) is 11.4 Å². The third-order valence-corrected chi connectivity index (χ3v) is 5.10. The molecule has 0 radical (unpaired) electrons. The van der Waals surface area contributed by atoms with Gasteiger partial charge in [-0.25, -0.2) is 4.68 Å². The summed E-state index contributed by atoms with van der Waals surface area (Å²) in [7, 11) is 0. The molecule has 0 unspecified atom stereocenters. The lowest BCUT2D eigenvalue weighted by Gasteiger charge is -2.30. The van der Waals surface area contributed by atoms with E-state index in [-0.39, 0.29) is 17.8 Å². The van der Waals surface area contributed by atoms with Gasteiger partial charge < -0.3 is 14.1 Å². The first-order valence-electron chi connectivity index (χ1n) is 9.82. The number of hydrogen-bond donors (Lipinski definition) is 0. The third kappa shape index (κ3) is 3.94. The van der Waals surface area contributed by atoms with E-state index in [0.29, 0.717) is 49.7 Å². The first-order valence-corrected chi connectivity index (χ1v) is 9.82. The monoisotopic (exact) mass is 393 g/mol. The zero-order valence-electron chi connectivity index (χ0n) is 16.3. The molecule has 0 spiro atoms. The number of amides is 1. The van der Waals surface area contributed by atoms with Crippen LogP contribution < -0.4 is 0 Å². The van der Waals surface area contributed by atoms with Crippen molar-refractivity contribution in [3.05, 3.63) is 60.5 Å². The molecule has 0 saturated carbocycles. The van der Waals surface area contributed by atoms with Gasteiger partial charge >= 0.3 is 5.97 Å². The minimum absolute atomic E-state index is 0.110. The number of carbonyl (C=O) groups excluding carboxylic acids is 2. The maximum atomic E-state index is 13.3. The van der Waals surface area contributed by atoms with Crippen molar-refractivity contribution in [2.45, 2.75) is 19.8 Å². The molecule has 0 bridgehead atoms. The van der Waals surface area contributed by atoms with Crippen molar-refractivity contribution in [1.29, 1.82) is 0 Å². The van der Waals surface area contributed by atoms with Gasteiger partial charge in [0.15, 0.2) is 5.76 Å². The van der Waals surface area contributed by atoms with E-state index in [1.54, 1.807) is 34.9 Å². The van der Waals surface area contributed by atoms with Crippen molar-refractivity contribution >= 4 is 11.9 Å². The van der Waals surface area contributed by atoms with Crippen LogP contribution in [0.25, 0.3) is 17.1 Å². The Morgan fingerprint density at radius 3 is 2.55 bits per heavy atom. The molecule has 150 valence electrons. The number of esters is 1. The smallest absolute Gasteiger partial charge is 0.309 e. The summed E-state index contributed by atoms with van der Waals surface area (Å²) in [6.45, 7) is 3.21. The van der Waals surface area contributed by atoms with Crippen molar-refractivity contribution in [3.63, 3.8) is 0 Å². The summed E-state index contributed by atoms with van der Waals surface area (Å²) in [5.74, 6) is 0.182. The minimum atomic E-state index is -0.172. The van der Waals surface area contributed by atoms with Gasteiger partial charge in [-0.1, -0.05) is 18.2 Å². The standard InChI is InChI=1S/C22H23N3O4/c1-2-28-22(27)16-10-12-24(13-11-16)21(26)19-15-18(20-9-6-14-29-20)23-25(19)17-7-4-3-5-8-17/h3-9,14-16H,2,10-13H2,1H3. The van der Waals surface area contributed by atoms with Crippen LogP contribution in [0.4, 0.5) is 0 Å². The van der Waals surface area contributed by atoms with Crippen molar-refractivity contribution in [2.24, 2.45) is 5.92 Å². The largest absolute Gasteiger partial charge is 0.466 e. The highest BCUT2D eigenvalue weighted by Gasteiger charge is 2.30. The Kier molecular flexibility index (Phi) is 5.46. The molecule has 1 aliphatic heterocycles. The Labute approximate surface area is 168 Å². The van der Waals surface area contributed by atoms with E-state index in [1.165, 1.54) is 0 Å². The van der Waals surface area contributed by atoms with Crippen LogP contribution in [0.5, 0.6) is 0 Å². The Hall–Kier alpha value is -3.35. The number of likely N-dealkylation sites (tertiary alicyclic amines) is 1. The number of hydrogen-bond acceptors (Lipinski definition) is 5. The molecule has 1 fully saturated rings. The number of furan rings is 1. The summed E-state index contributed by atoms with van der Waals surface area (Å²) in [5, 5.41) is 4.61. The lowest BCUT2D eigenvalue weighted by Crippen LogP contribution is -2.41. The molecule has 1 aromatic carbocycles. The molecule has 0 aliphatic carbocycles. The van der Waals surface area contributed by atoms with E-state index < -0.39 is 0 Å². The Morgan fingerprint density at radius 2 is 1.90 bits per heavy atom. The van der Waals surface area contributed by atoms with Gasteiger partial charge in [-0.2, -0.15) is 5.10 Å². The fourth-order valence-corrected chi connectivity index (χ4v) is 3.58. The number of para-hydroxylation sites is 1. The van der Waals surface area contributed by atoms with Gasteiger partial charge in [-0.05, 0) is 44.0 Å². The van der Waals surface area contributed by atoms with Crippen molar-refractivity contribution in [3.8, 4) is 17.1 Å². The Morgan fingerprint density at radius 1 is 1.14 bits per heavy atom. The van der Waals surface area contributed by atoms with Crippen molar-refractivity contribution in [2.75, 3.05) is 19.7 Å². The molecular formula is C22H23N3O4. The molecule has 4 rings (SSSR count). The Bertz CT molecular complexity index is 971. The highest BCUT2D eigenvalue weighted by Crippen LogP contribution is 2.25. The van der Waals surface area contributed by atoms with Gasteiger partial charge in [0.25, 0.3) is 5.91 Å². The maximum absolute atomic E-state index is 13.3. The zero-order chi connectivity index (χ0) is 20.2. The predicted octanol–water partition coefficient (Wildman–Crippen LogP) is 3.55. The van der Waals surface area contributed by atoms with Crippen LogP contribution in [-0.4, -0.2) is 46.3 Å². The van der Waals surface area contributed by atoms with Gasteiger partial charge in [-0.3, -0.25) is 9.59 Å². The number of benzene rings is 1. The molecule has 3 aromatic rings. The summed E-state index contributed by atoms with van der Waals surface area (Å²) in [6, 6.07) is 14.9. The maximum Gasteiger partial charge on any atom is 0.309 e. The summed E-state index contributed by atoms with van der Waals surface area (Å²) >= 11 is 0. The summed E-state index contributed by atoms with van der Waals surface area (Å²) in [4.78, 5) is 27.0. The fraction of sp³-hybridized carbons (Fsp3) is 0.318. The average Bonchev–Trinajstić information content (AvgIpc) is 3.44. The number of piperidine rings is 1. The SMILES string of the molecule is CCOC(=O)C1CCN(C(=O)c2cc(-c3ccco3)nn2-c2ccccc2)CC1. The highest BCUT2D eigenvalue weighted by atomic mass is 16.5. The van der Waals surface area contributed by atoms with Gasteiger partial charge in [0, 0.05) is 19.2 Å². The number of rotatable bonds is 5. The summed E-state index contributed by atoms with van der Waals surface area (Å²) in [6.07, 6.45) is 2.79. The second-order valence-electron chi connectivity index (χ2n) is 6.96. The van der Waals surface area contributed by atoms with Crippen LogP contribution in [0.2, 0.25) is 0 Å². The molecule has 1 saturated heterocycles. The molecule has 29 heavy (non-hydrogen) atoms. The number of carbonyl (C=O) groups is 2. The van der Waals surface area contributed by atoms with Gasteiger partial charge in [-0.15, -0.1) is 0 Å². The topological polar surface area (TPSA) is 77.6 Å². The van der Waals surface area contributed by atoms with E-state index in [0.717, 1.165) is 5.69 Å². The van der Waals surface area contributed by atoms with Gasteiger partial charge in [0.05, 0.1) is 24.5 Å². The molecule has 7 heteroatoms. The molecule has 1 amide bonds. The average molecular weight is 393 g/mol. The minimum Gasteiger partial charge on any atom is -0.466 e.